The monoisotopic (exact) mass is 281 g/mol. The Bertz CT molecular complexity index is 462. The van der Waals surface area contributed by atoms with Gasteiger partial charge in [-0.3, -0.25) is 4.79 Å². The van der Waals surface area contributed by atoms with E-state index in [1.165, 1.54) is 23.1 Å². The maximum Gasteiger partial charge on any atom is 0.407 e. The van der Waals surface area contributed by atoms with E-state index < -0.39 is 11.9 Å². The van der Waals surface area contributed by atoms with E-state index in [0.717, 1.165) is 12.8 Å². The summed E-state index contributed by atoms with van der Waals surface area (Å²) in [7, 11) is 0. The summed E-state index contributed by atoms with van der Waals surface area (Å²) in [6.45, 7) is 2.81. The number of benzene rings is 1. The van der Waals surface area contributed by atoms with E-state index in [2.05, 4.69) is 0 Å². The Balaban J connectivity index is 2.42. The number of carbonyl (C=O) groups is 2. The zero-order valence-corrected chi connectivity index (χ0v) is 11.6. The molecule has 0 heterocycles. The molecule has 0 aromatic heterocycles. The summed E-state index contributed by atoms with van der Waals surface area (Å²) in [5.41, 5.74) is 0.334. The van der Waals surface area contributed by atoms with E-state index in [-0.39, 0.29) is 12.2 Å². The van der Waals surface area contributed by atoms with Gasteiger partial charge >= 0.3 is 6.09 Å². The molecule has 0 unspecified atom stereocenters. The van der Waals surface area contributed by atoms with Gasteiger partial charge in [0.05, 0.1) is 0 Å². The Morgan fingerprint density at radius 2 is 1.95 bits per heavy atom. The highest BCUT2D eigenvalue weighted by Crippen LogP contribution is 2.09. The van der Waals surface area contributed by atoms with Crippen LogP contribution in [0.2, 0.25) is 0 Å². The van der Waals surface area contributed by atoms with Crippen LogP contribution in [0.15, 0.2) is 24.3 Å². The molecule has 0 saturated heterocycles. The number of rotatable bonds is 8. The molecule has 5 heteroatoms. The number of carbonyl (C=O) groups excluding carboxylic acids is 1. The van der Waals surface area contributed by atoms with Crippen LogP contribution in [-0.2, 0) is 0 Å². The van der Waals surface area contributed by atoms with Crippen LogP contribution in [0.1, 0.15) is 43.0 Å². The van der Waals surface area contributed by atoms with Gasteiger partial charge in [-0.1, -0.05) is 25.5 Å². The fourth-order valence-corrected chi connectivity index (χ4v) is 1.89. The molecule has 0 spiro atoms. The van der Waals surface area contributed by atoms with Crippen LogP contribution in [0, 0.1) is 5.82 Å². The van der Waals surface area contributed by atoms with Crippen LogP contribution < -0.4 is 0 Å². The van der Waals surface area contributed by atoms with Crippen LogP contribution in [0.5, 0.6) is 0 Å². The molecule has 0 atom stereocenters. The number of hydrogen-bond acceptors (Lipinski definition) is 2. The molecule has 0 bridgehead atoms. The van der Waals surface area contributed by atoms with Crippen LogP contribution >= 0.6 is 0 Å². The number of amides is 1. The summed E-state index contributed by atoms with van der Waals surface area (Å²) < 4.78 is 13.0. The second kappa shape index (κ2) is 8.30. The lowest BCUT2D eigenvalue weighted by atomic mass is 10.1. The smallest absolute Gasteiger partial charge is 0.407 e. The third-order valence-electron chi connectivity index (χ3n) is 3.03. The summed E-state index contributed by atoms with van der Waals surface area (Å²) in [5, 5.41) is 9.01. The van der Waals surface area contributed by atoms with Gasteiger partial charge in [-0.2, -0.15) is 0 Å². The van der Waals surface area contributed by atoms with E-state index in [1.807, 2.05) is 6.92 Å². The summed E-state index contributed by atoms with van der Waals surface area (Å²) in [6, 6.07) is 5.55. The molecule has 1 aromatic rings. The van der Waals surface area contributed by atoms with Crippen molar-refractivity contribution in [3.8, 4) is 0 Å². The third kappa shape index (κ3) is 5.38. The molecule has 0 radical (unpaired) electrons. The lowest BCUT2D eigenvalue weighted by Crippen LogP contribution is -2.31. The Labute approximate surface area is 118 Å². The van der Waals surface area contributed by atoms with Gasteiger partial charge in [-0.25, -0.2) is 9.18 Å². The molecular formula is C15H20FNO3. The fourth-order valence-electron chi connectivity index (χ4n) is 1.89. The summed E-state index contributed by atoms with van der Waals surface area (Å²) in [4.78, 5) is 24.1. The normalized spacial score (nSPS) is 10.3. The van der Waals surface area contributed by atoms with E-state index >= 15 is 0 Å². The van der Waals surface area contributed by atoms with E-state index in [9.17, 15) is 14.0 Å². The van der Waals surface area contributed by atoms with Gasteiger partial charge in [-0.15, -0.1) is 0 Å². The van der Waals surface area contributed by atoms with E-state index in [1.54, 1.807) is 6.07 Å². The van der Waals surface area contributed by atoms with Crippen LogP contribution in [0.3, 0.4) is 0 Å². The van der Waals surface area contributed by atoms with Gasteiger partial charge in [-0.05, 0) is 25.0 Å². The van der Waals surface area contributed by atoms with Crippen LogP contribution in [-0.4, -0.2) is 35.0 Å². The molecule has 1 rings (SSSR count). The molecule has 1 amide bonds. The first-order valence-electron chi connectivity index (χ1n) is 6.81. The van der Waals surface area contributed by atoms with Crippen molar-refractivity contribution >= 4 is 11.9 Å². The van der Waals surface area contributed by atoms with Crippen LogP contribution in [0.25, 0.3) is 0 Å². The predicted octanol–water partition coefficient (Wildman–Crippen LogP) is 3.57. The average molecular weight is 281 g/mol. The van der Waals surface area contributed by atoms with Crippen molar-refractivity contribution in [3.63, 3.8) is 0 Å². The zero-order chi connectivity index (χ0) is 15.0. The van der Waals surface area contributed by atoms with Crippen molar-refractivity contribution in [2.24, 2.45) is 0 Å². The first-order chi connectivity index (χ1) is 9.54. The maximum atomic E-state index is 13.0. The number of unbranched alkanes of at least 4 members (excludes halogenated alkanes) is 1. The fraction of sp³-hybridized carbons (Fsp3) is 0.467. The molecule has 1 N–H and O–H groups in total. The topological polar surface area (TPSA) is 57.6 Å². The summed E-state index contributed by atoms with van der Waals surface area (Å²) in [6.07, 6.45) is 1.44. The standard InChI is InChI=1S/C15H20FNO3/c1-2-3-9-17(15(19)20)10-5-8-14(18)12-6-4-7-13(16)11-12/h4,6-7,11H,2-3,5,8-10H2,1H3,(H,19,20). The number of halogens is 1. The SMILES string of the molecule is CCCCN(CCCC(=O)c1cccc(F)c1)C(=O)O. The molecule has 20 heavy (non-hydrogen) atoms. The Kier molecular flexibility index (Phi) is 6.70. The number of carboxylic acid groups (broad SMARTS) is 1. The lowest BCUT2D eigenvalue weighted by Gasteiger charge is -2.18. The van der Waals surface area contributed by atoms with Crippen molar-refractivity contribution in [3.05, 3.63) is 35.6 Å². The highest BCUT2D eigenvalue weighted by Gasteiger charge is 2.12. The average Bonchev–Trinajstić information content (AvgIpc) is 2.42. The zero-order valence-electron chi connectivity index (χ0n) is 11.6. The second-order valence-corrected chi connectivity index (χ2v) is 4.66. The maximum absolute atomic E-state index is 13.0. The first-order valence-corrected chi connectivity index (χ1v) is 6.81. The number of nitrogens with zero attached hydrogens (tertiary/aromatic N) is 1. The van der Waals surface area contributed by atoms with Crippen molar-refractivity contribution in [1.29, 1.82) is 0 Å². The first kappa shape index (κ1) is 16.1. The minimum absolute atomic E-state index is 0.162. The number of ketones is 1. The van der Waals surface area contributed by atoms with Gasteiger partial charge < -0.3 is 10.0 Å². The quantitative estimate of drug-likeness (QED) is 0.741. The third-order valence-corrected chi connectivity index (χ3v) is 3.03. The highest BCUT2D eigenvalue weighted by molar-refractivity contribution is 5.96. The second-order valence-electron chi connectivity index (χ2n) is 4.66. The summed E-state index contributed by atoms with van der Waals surface area (Å²) >= 11 is 0. The molecule has 0 aliphatic heterocycles. The number of Topliss-reactive ketones (excluding diaryl/α,β-unsaturated/α-hetero) is 1. The number of hydrogen-bond donors (Lipinski definition) is 1. The molecule has 0 fully saturated rings. The Morgan fingerprint density at radius 1 is 1.25 bits per heavy atom. The summed E-state index contributed by atoms with van der Waals surface area (Å²) in [5.74, 6) is -0.601. The van der Waals surface area contributed by atoms with Crippen LogP contribution in [0.4, 0.5) is 9.18 Å². The van der Waals surface area contributed by atoms with Gasteiger partial charge in [0.25, 0.3) is 0 Å². The minimum atomic E-state index is -0.961. The molecule has 0 aliphatic rings. The van der Waals surface area contributed by atoms with Gasteiger partial charge in [0.15, 0.2) is 5.78 Å². The lowest BCUT2D eigenvalue weighted by molar-refractivity contribution is 0.0969. The molecule has 0 aliphatic carbocycles. The van der Waals surface area contributed by atoms with Crippen molar-refractivity contribution in [2.45, 2.75) is 32.6 Å². The highest BCUT2D eigenvalue weighted by atomic mass is 19.1. The molecule has 1 aromatic carbocycles. The van der Waals surface area contributed by atoms with Gasteiger partial charge in [0.1, 0.15) is 5.82 Å². The largest absolute Gasteiger partial charge is 0.465 e. The van der Waals surface area contributed by atoms with Gasteiger partial charge in [0, 0.05) is 25.1 Å². The molecular weight excluding hydrogens is 261 g/mol. The minimum Gasteiger partial charge on any atom is -0.465 e. The molecule has 110 valence electrons. The van der Waals surface area contributed by atoms with Crippen molar-refractivity contribution in [2.75, 3.05) is 13.1 Å². The molecule has 0 saturated carbocycles. The Morgan fingerprint density at radius 3 is 2.55 bits per heavy atom. The van der Waals surface area contributed by atoms with E-state index in [4.69, 9.17) is 5.11 Å². The Hall–Kier alpha value is -1.91. The van der Waals surface area contributed by atoms with E-state index in [0.29, 0.717) is 25.1 Å². The van der Waals surface area contributed by atoms with Crippen molar-refractivity contribution < 1.29 is 19.1 Å². The van der Waals surface area contributed by atoms with Crippen molar-refractivity contribution in [1.82, 2.24) is 4.90 Å². The van der Waals surface area contributed by atoms with Gasteiger partial charge in [0.2, 0.25) is 0 Å². The molecule has 4 nitrogen and oxygen atoms in total. The predicted molar refractivity (Wildman–Crippen MR) is 74.5 cm³/mol.